The molecule has 0 spiro atoms. The van der Waals surface area contributed by atoms with E-state index in [2.05, 4.69) is 88.4 Å². The molecule has 0 unspecified atom stereocenters. The van der Waals surface area contributed by atoms with Gasteiger partial charge in [-0.3, -0.25) is 0 Å². The van der Waals surface area contributed by atoms with Crippen molar-refractivity contribution in [2.45, 2.75) is 4.90 Å². The van der Waals surface area contributed by atoms with Crippen LogP contribution in [0.15, 0.2) is 64.0 Å². The van der Waals surface area contributed by atoms with Gasteiger partial charge in [0.2, 0.25) is 0 Å². The van der Waals surface area contributed by atoms with Crippen molar-refractivity contribution in [3.8, 4) is 0 Å². The Morgan fingerprint density at radius 1 is 0.944 bits per heavy atom. The summed E-state index contributed by atoms with van der Waals surface area (Å²) in [6.07, 6.45) is 4.68. The minimum atomic E-state index is -0.791. The smallest absolute Gasteiger partial charge is 0.0490 e. The lowest BCUT2D eigenvalue weighted by Gasteiger charge is -2.32. The molecule has 0 aromatic heterocycles. The third-order valence-electron chi connectivity index (χ3n) is 2.86. The van der Waals surface area contributed by atoms with Crippen LogP contribution in [-0.4, -0.2) is 18.4 Å². The predicted molar refractivity (Wildman–Crippen MR) is 86.8 cm³/mol. The highest BCUT2D eigenvalue weighted by Gasteiger charge is 2.13. The summed E-state index contributed by atoms with van der Waals surface area (Å²) in [5.41, 5.74) is 1.18. The third kappa shape index (κ3) is 3.53. The molecule has 1 N–H and O–H groups in total. The summed E-state index contributed by atoms with van der Waals surface area (Å²) in [6.45, 7) is 0. The van der Waals surface area contributed by atoms with Gasteiger partial charge in [0.25, 0.3) is 0 Å². The van der Waals surface area contributed by atoms with Crippen molar-refractivity contribution >= 4 is 31.6 Å². The van der Waals surface area contributed by atoms with Crippen molar-refractivity contribution < 1.29 is 0 Å². The second kappa shape index (κ2) is 5.81. The quantitative estimate of drug-likeness (QED) is 0.840. The normalized spacial score (nSPS) is 12.2. The van der Waals surface area contributed by atoms with Gasteiger partial charge in [-0.15, -0.1) is 0 Å². The number of benzene rings is 2. The van der Waals surface area contributed by atoms with Crippen LogP contribution < -0.4 is 5.32 Å². The predicted octanol–water partition coefficient (Wildman–Crippen LogP) is 4.94. The summed E-state index contributed by atoms with van der Waals surface area (Å²) in [5.74, 6) is 0.999. The van der Waals surface area contributed by atoms with Gasteiger partial charge >= 0.3 is 0 Å². The van der Waals surface area contributed by atoms with Gasteiger partial charge in [-0.1, -0.05) is 46.3 Å². The molecule has 0 aliphatic heterocycles. The van der Waals surface area contributed by atoms with E-state index in [9.17, 15) is 0 Å². The molecule has 0 aliphatic carbocycles. The fraction of sp³-hybridized carbons (Fsp3) is 0.200. The first-order chi connectivity index (χ1) is 8.58. The summed E-state index contributed by atoms with van der Waals surface area (Å²) in [7, 11) is -0.791. The molecule has 0 heterocycles. The number of anilines is 1. The first kappa shape index (κ1) is 13.5. The van der Waals surface area contributed by atoms with Gasteiger partial charge in [0, 0.05) is 16.0 Å². The number of halogens is 1. The molecule has 0 radical (unpaired) electrons. The molecule has 96 valence electrons. The Kier molecular flexibility index (Phi) is 4.36. The van der Waals surface area contributed by atoms with Crippen molar-refractivity contribution in [2.24, 2.45) is 0 Å². The second-order valence-corrected chi connectivity index (χ2v) is 9.43. The Hall–Kier alpha value is -0.930. The van der Waals surface area contributed by atoms with Crippen LogP contribution in [0.5, 0.6) is 0 Å². The second-order valence-electron chi connectivity index (χ2n) is 4.68. The lowest BCUT2D eigenvalue weighted by atomic mass is 10.3. The van der Waals surface area contributed by atoms with Crippen molar-refractivity contribution in [1.82, 2.24) is 0 Å². The highest BCUT2D eigenvalue weighted by atomic mass is 79.9. The zero-order chi connectivity index (χ0) is 13.0. The largest absolute Gasteiger partial charge is 0.377 e. The summed E-state index contributed by atoms with van der Waals surface area (Å²) < 4.78 is 1.11. The van der Waals surface area contributed by atoms with E-state index in [4.69, 9.17) is 0 Å². The van der Waals surface area contributed by atoms with E-state index in [0.29, 0.717) is 0 Å². The van der Waals surface area contributed by atoms with Gasteiger partial charge in [-0.2, -0.15) is 0 Å². The fourth-order valence-electron chi connectivity index (χ4n) is 1.70. The van der Waals surface area contributed by atoms with Crippen LogP contribution in [0, 0.1) is 0 Å². The molecule has 0 saturated carbocycles. The maximum atomic E-state index is 3.53. The maximum absolute atomic E-state index is 3.53. The van der Waals surface area contributed by atoms with Gasteiger partial charge in [0.15, 0.2) is 0 Å². The van der Waals surface area contributed by atoms with Gasteiger partial charge in [0.05, 0.1) is 0 Å². The van der Waals surface area contributed by atoms with Gasteiger partial charge in [-0.05, 0) is 41.7 Å². The Bertz CT molecular complexity index is 494. The number of rotatable bonds is 4. The van der Waals surface area contributed by atoms with E-state index < -0.39 is 10.0 Å². The maximum Gasteiger partial charge on any atom is 0.0490 e. The molecule has 0 amide bonds. The molecule has 2 aromatic carbocycles. The highest BCUT2D eigenvalue weighted by Crippen LogP contribution is 2.48. The Morgan fingerprint density at radius 2 is 1.56 bits per heavy atom. The Morgan fingerprint density at radius 3 is 2.17 bits per heavy atom. The molecule has 0 bridgehead atoms. The van der Waals surface area contributed by atoms with E-state index in [1.807, 2.05) is 0 Å². The Balaban J connectivity index is 2.03. The molecular formula is C15H18BrNS. The Labute approximate surface area is 119 Å². The average molecular weight is 324 g/mol. The first-order valence-electron chi connectivity index (χ1n) is 5.83. The standard InChI is InChI=1S/C15H18BrNS/c1-18(2,15-6-4-3-5-7-15)12-17-14-10-8-13(16)9-11-14/h3-11,17H,12H2,1-2H3. The monoisotopic (exact) mass is 323 g/mol. The zero-order valence-electron chi connectivity index (χ0n) is 10.7. The number of nitrogens with one attached hydrogen (secondary N) is 1. The molecule has 0 saturated heterocycles. The lowest BCUT2D eigenvalue weighted by molar-refractivity contribution is 1.37. The van der Waals surface area contributed by atoms with Crippen molar-refractivity contribution in [2.75, 3.05) is 23.7 Å². The topological polar surface area (TPSA) is 12.0 Å². The summed E-state index contributed by atoms with van der Waals surface area (Å²) >= 11 is 3.45. The van der Waals surface area contributed by atoms with Crippen LogP contribution in [0.3, 0.4) is 0 Å². The van der Waals surface area contributed by atoms with Crippen molar-refractivity contribution in [3.63, 3.8) is 0 Å². The van der Waals surface area contributed by atoms with E-state index in [1.54, 1.807) is 0 Å². The molecule has 2 aromatic rings. The molecule has 0 atom stereocenters. The molecule has 0 fully saturated rings. The van der Waals surface area contributed by atoms with Crippen LogP contribution in [0.4, 0.5) is 5.69 Å². The minimum absolute atomic E-state index is 0.791. The van der Waals surface area contributed by atoms with Crippen LogP contribution in [0.1, 0.15) is 0 Å². The van der Waals surface area contributed by atoms with Gasteiger partial charge in [-0.25, -0.2) is 10.0 Å². The number of hydrogen-bond acceptors (Lipinski definition) is 1. The summed E-state index contributed by atoms with van der Waals surface area (Å²) in [4.78, 5) is 1.44. The van der Waals surface area contributed by atoms with E-state index >= 15 is 0 Å². The minimum Gasteiger partial charge on any atom is -0.377 e. The lowest BCUT2D eigenvalue weighted by Crippen LogP contribution is -2.10. The zero-order valence-corrected chi connectivity index (χ0v) is 13.1. The third-order valence-corrected chi connectivity index (χ3v) is 5.81. The highest BCUT2D eigenvalue weighted by molar-refractivity contribution is 9.10. The molecular weight excluding hydrogens is 306 g/mol. The summed E-state index contributed by atoms with van der Waals surface area (Å²) in [5, 5.41) is 3.53. The summed E-state index contributed by atoms with van der Waals surface area (Å²) in [6, 6.07) is 19.1. The van der Waals surface area contributed by atoms with Crippen LogP contribution >= 0.6 is 26.0 Å². The fourth-order valence-corrected chi connectivity index (χ4v) is 3.56. The molecule has 3 heteroatoms. The molecule has 1 nitrogen and oxygen atoms in total. The average Bonchev–Trinajstić information content (AvgIpc) is 2.39. The molecule has 18 heavy (non-hydrogen) atoms. The molecule has 0 aliphatic rings. The van der Waals surface area contributed by atoms with Crippen LogP contribution in [-0.2, 0) is 0 Å². The van der Waals surface area contributed by atoms with E-state index in [-0.39, 0.29) is 0 Å². The van der Waals surface area contributed by atoms with Crippen molar-refractivity contribution in [3.05, 3.63) is 59.1 Å². The van der Waals surface area contributed by atoms with Crippen LogP contribution in [0.2, 0.25) is 0 Å². The number of hydrogen-bond donors (Lipinski definition) is 1. The van der Waals surface area contributed by atoms with Crippen LogP contribution in [0.25, 0.3) is 0 Å². The van der Waals surface area contributed by atoms with E-state index in [1.165, 1.54) is 10.6 Å². The molecule has 2 rings (SSSR count). The first-order valence-corrected chi connectivity index (χ1v) is 9.25. The van der Waals surface area contributed by atoms with Crippen molar-refractivity contribution in [1.29, 1.82) is 0 Å². The van der Waals surface area contributed by atoms with Gasteiger partial charge in [0.1, 0.15) is 0 Å². The SMILES string of the molecule is CS(C)(CNc1ccc(Br)cc1)c1ccccc1. The van der Waals surface area contributed by atoms with E-state index in [0.717, 1.165) is 10.3 Å². The van der Waals surface area contributed by atoms with Gasteiger partial charge < -0.3 is 5.32 Å².